The Morgan fingerprint density at radius 1 is 1.36 bits per heavy atom. The van der Waals surface area contributed by atoms with Gasteiger partial charge in [-0.05, 0) is 13.3 Å². The second-order valence-electron chi connectivity index (χ2n) is 3.98. The minimum absolute atomic E-state index is 0.341. The van der Waals surface area contributed by atoms with Crippen molar-refractivity contribution in [2.24, 2.45) is 0 Å². The number of hydrogen-bond acceptors (Lipinski definition) is 2. The van der Waals surface area contributed by atoms with E-state index < -0.39 is 0 Å². The number of hydrogen-bond donors (Lipinski definition) is 0. The van der Waals surface area contributed by atoms with Gasteiger partial charge in [0.1, 0.15) is 0 Å². The van der Waals surface area contributed by atoms with Crippen molar-refractivity contribution < 1.29 is 14.0 Å². The highest BCUT2D eigenvalue weighted by atomic mass is 16.5. The SMILES string of the molecule is C=CC(=O)OCCC.CC[N+](C)(C)C. The highest BCUT2D eigenvalue weighted by molar-refractivity contribution is 5.81. The zero-order valence-electron chi connectivity index (χ0n) is 10.2. The maximum absolute atomic E-state index is 10.2. The van der Waals surface area contributed by atoms with Crippen LogP contribution in [0.5, 0.6) is 0 Å². The first-order valence-electron chi connectivity index (χ1n) is 4.97. The van der Waals surface area contributed by atoms with Crippen LogP contribution in [0.25, 0.3) is 0 Å². The molecule has 0 bridgehead atoms. The molecule has 3 nitrogen and oxygen atoms in total. The van der Waals surface area contributed by atoms with Crippen LogP contribution in [-0.4, -0.2) is 44.7 Å². The lowest BCUT2D eigenvalue weighted by atomic mass is 10.5. The molecule has 0 spiro atoms. The maximum Gasteiger partial charge on any atom is 0.330 e. The minimum Gasteiger partial charge on any atom is -0.463 e. The van der Waals surface area contributed by atoms with Gasteiger partial charge in [-0.1, -0.05) is 13.5 Å². The topological polar surface area (TPSA) is 26.3 Å². The largest absolute Gasteiger partial charge is 0.463 e. The second kappa shape index (κ2) is 8.75. The van der Waals surface area contributed by atoms with E-state index in [2.05, 4.69) is 39.4 Å². The fourth-order valence-corrected chi connectivity index (χ4v) is 0.262. The van der Waals surface area contributed by atoms with Crippen LogP contribution >= 0.6 is 0 Å². The molecule has 0 unspecified atom stereocenters. The number of quaternary nitrogens is 1. The van der Waals surface area contributed by atoms with E-state index in [-0.39, 0.29) is 5.97 Å². The van der Waals surface area contributed by atoms with Crippen LogP contribution in [-0.2, 0) is 9.53 Å². The van der Waals surface area contributed by atoms with E-state index in [0.717, 1.165) is 17.0 Å². The maximum atomic E-state index is 10.2. The molecule has 0 aromatic rings. The summed E-state index contributed by atoms with van der Waals surface area (Å²) in [6.07, 6.45) is 2.02. The van der Waals surface area contributed by atoms with Crippen molar-refractivity contribution in [1.82, 2.24) is 0 Å². The Hall–Kier alpha value is -0.830. The van der Waals surface area contributed by atoms with Crippen molar-refractivity contribution in [3.8, 4) is 0 Å². The van der Waals surface area contributed by atoms with Crippen molar-refractivity contribution >= 4 is 5.97 Å². The van der Waals surface area contributed by atoms with Crippen molar-refractivity contribution in [2.75, 3.05) is 34.3 Å². The lowest BCUT2D eigenvalue weighted by molar-refractivity contribution is -0.868. The van der Waals surface area contributed by atoms with E-state index >= 15 is 0 Å². The summed E-state index contributed by atoms with van der Waals surface area (Å²) in [4.78, 5) is 10.2. The molecule has 0 rings (SSSR count). The van der Waals surface area contributed by atoms with Crippen molar-refractivity contribution in [3.05, 3.63) is 12.7 Å². The molecule has 0 aromatic carbocycles. The Morgan fingerprint density at radius 2 is 1.79 bits per heavy atom. The van der Waals surface area contributed by atoms with Gasteiger partial charge in [-0.3, -0.25) is 0 Å². The third-order valence-corrected chi connectivity index (χ3v) is 1.56. The molecule has 0 saturated carbocycles. The Labute approximate surface area is 87.9 Å². The van der Waals surface area contributed by atoms with Gasteiger partial charge in [0.2, 0.25) is 0 Å². The van der Waals surface area contributed by atoms with Gasteiger partial charge in [-0.25, -0.2) is 4.79 Å². The summed E-state index contributed by atoms with van der Waals surface area (Å²) in [5.74, 6) is -0.341. The summed E-state index contributed by atoms with van der Waals surface area (Å²) in [5, 5.41) is 0. The molecule has 0 aromatic heterocycles. The predicted octanol–water partition coefficient (Wildman–Crippen LogP) is 1.84. The van der Waals surface area contributed by atoms with E-state index in [1.807, 2.05) is 6.92 Å². The van der Waals surface area contributed by atoms with Crippen molar-refractivity contribution in [1.29, 1.82) is 0 Å². The van der Waals surface area contributed by atoms with Gasteiger partial charge < -0.3 is 9.22 Å². The average Bonchev–Trinajstić information content (AvgIpc) is 2.14. The number of carbonyl (C=O) groups is 1. The number of rotatable bonds is 4. The van der Waals surface area contributed by atoms with Gasteiger partial charge in [0.25, 0.3) is 0 Å². The van der Waals surface area contributed by atoms with E-state index in [0.29, 0.717) is 6.61 Å². The average molecular weight is 202 g/mol. The first-order chi connectivity index (χ1) is 6.37. The van der Waals surface area contributed by atoms with Gasteiger partial charge in [-0.15, -0.1) is 0 Å². The highest BCUT2D eigenvalue weighted by Gasteiger charge is 1.97. The molecule has 0 amide bonds. The van der Waals surface area contributed by atoms with Gasteiger partial charge in [0.05, 0.1) is 34.3 Å². The molecule has 0 aliphatic carbocycles. The quantitative estimate of drug-likeness (QED) is 0.395. The van der Waals surface area contributed by atoms with E-state index in [1.165, 1.54) is 6.54 Å². The molecule has 0 atom stereocenters. The lowest BCUT2D eigenvalue weighted by Crippen LogP contribution is -2.33. The number of ether oxygens (including phenoxy) is 1. The summed E-state index contributed by atoms with van der Waals surface area (Å²) >= 11 is 0. The summed E-state index contributed by atoms with van der Waals surface area (Å²) in [7, 11) is 6.54. The fraction of sp³-hybridized carbons (Fsp3) is 0.727. The molecule has 0 heterocycles. The number of carbonyl (C=O) groups excluding carboxylic acids is 1. The molecule has 0 aliphatic rings. The minimum atomic E-state index is -0.341. The molecule has 0 N–H and O–H groups in total. The van der Waals surface area contributed by atoms with Crippen LogP contribution < -0.4 is 0 Å². The smallest absolute Gasteiger partial charge is 0.330 e. The zero-order chi connectivity index (χ0) is 11.6. The first-order valence-corrected chi connectivity index (χ1v) is 4.97. The number of esters is 1. The standard InChI is InChI=1S/C6H10O2.C5H14N/c1-3-5-8-6(7)4-2;1-5-6(2,3)4/h4H,2-3,5H2,1H3;5H2,1-4H3/q;+1. The molecule has 0 saturated heterocycles. The van der Waals surface area contributed by atoms with E-state index in [1.54, 1.807) is 0 Å². The molecule has 0 aliphatic heterocycles. The van der Waals surface area contributed by atoms with Crippen LogP contribution in [0.4, 0.5) is 0 Å². The lowest BCUT2D eigenvalue weighted by Gasteiger charge is -2.20. The van der Waals surface area contributed by atoms with E-state index in [9.17, 15) is 4.79 Å². The third kappa shape index (κ3) is 17.3. The highest BCUT2D eigenvalue weighted by Crippen LogP contribution is 1.83. The van der Waals surface area contributed by atoms with Gasteiger partial charge in [-0.2, -0.15) is 0 Å². The molecule has 0 fully saturated rings. The normalized spacial score (nSPS) is 9.79. The van der Waals surface area contributed by atoms with Gasteiger partial charge >= 0.3 is 5.97 Å². The molecule has 84 valence electrons. The van der Waals surface area contributed by atoms with Gasteiger partial charge in [0, 0.05) is 6.08 Å². The molecule has 0 radical (unpaired) electrons. The van der Waals surface area contributed by atoms with Crippen LogP contribution in [0.15, 0.2) is 12.7 Å². The fourth-order valence-electron chi connectivity index (χ4n) is 0.262. The number of nitrogens with zero attached hydrogens (tertiary/aromatic N) is 1. The Balaban J connectivity index is 0. The van der Waals surface area contributed by atoms with Crippen LogP contribution in [0.2, 0.25) is 0 Å². The summed E-state index contributed by atoms with van der Waals surface area (Å²) in [5.41, 5.74) is 0. The van der Waals surface area contributed by atoms with Crippen LogP contribution in [0, 0.1) is 0 Å². The van der Waals surface area contributed by atoms with Crippen molar-refractivity contribution in [2.45, 2.75) is 20.3 Å². The second-order valence-corrected chi connectivity index (χ2v) is 3.98. The Bertz CT molecular complexity index is 159. The summed E-state index contributed by atoms with van der Waals surface area (Å²) < 4.78 is 5.65. The monoisotopic (exact) mass is 202 g/mol. The summed E-state index contributed by atoms with van der Waals surface area (Å²) in [6, 6.07) is 0. The molecular formula is C11H24NO2+. The molecule has 3 heteroatoms. The molecule has 14 heavy (non-hydrogen) atoms. The Morgan fingerprint density at radius 3 is 2.00 bits per heavy atom. The van der Waals surface area contributed by atoms with E-state index in [4.69, 9.17) is 0 Å². The zero-order valence-corrected chi connectivity index (χ0v) is 10.2. The van der Waals surface area contributed by atoms with Crippen LogP contribution in [0.3, 0.4) is 0 Å². The predicted molar refractivity (Wildman–Crippen MR) is 60.0 cm³/mol. The third-order valence-electron chi connectivity index (χ3n) is 1.56. The Kier molecular flexibility index (Phi) is 9.78. The first kappa shape index (κ1) is 15.6. The van der Waals surface area contributed by atoms with Gasteiger partial charge in [0.15, 0.2) is 0 Å². The summed E-state index contributed by atoms with van der Waals surface area (Å²) in [6.45, 7) is 9.06. The molecular weight excluding hydrogens is 178 g/mol. The van der Waals surface area contributed by atoms with Crippen molar-refractivity contribution in [3.63, 3.8) is 0 Å². The van der Waals surface area contributed by atoms with Crippen LogP contribution in [0.1, 0.15) is 20.3 Å².